The maximum atomic E-state index is 12.0. The average Bonchev–Trinajstić information content (AvgIpc) is 3.26. The lowest BCUT2D eigenvalue weighted by molar-refractivity contribution is -0.150. The highest BCUT2D eigenvalue weighted by atomic mass is 16.6. The van der Waals surface area contributed by atoms with Crippen LogP contribution in [0.1, 0.15) is 26.7 Å². The van der Waals surface area contributed by atoms with Gasteiger partial charge in [-0.15, -0.1) is 0 Å². The van der Waals surface area contributed by atoms with Gasteiger partial charge in [0.1, 0.15) is 6.10 Å². The van der Waals surface area contributed by atoms with Crippen LogP contribution in [-0.4, -0.2) is 37.9 Å². The van der Waals surface area contributed by atoms with Gasteiger partial charge in [0.05, 0.1) is 25.7 Å². The zero-order chi connectivity index (χ0) is 15.4. The van der Waals surface area contributed by atoms with E-state index in [1.165, 1.54) is 7.11 Å². The summed E-state index contributed by atoms with van der Waals surface area (Å²) in [4.78, 5) is 23.9. The van der Waals surface area contributed by atoms with E-state index in [0.717, 1.165) is 12.8 Å². The summed E-state index contributed by atoms with van der Waals surface area (Å²) in [5, 5.41) is 0. The van der Waals surface area contributed by atoms with Crippen molar-refractivity contribution in [2.24, 2.45) is 23.2 Å². The number of carbonyl (C=O) groups is 2. The molecule has 0 aromatic carbocycles. The lowest BCUT2D eigenvalue weighted by Crippen LogP contribution is -2.49. The van der Waals surface area contributed by atoms with Crippen LogP contribution in [0.4, 0.5) is 0 Å². The molecule has 6 atom stereocenters. The summed E-state index contributed by atoms with van der Waals surface area (Å²) in [5.41, 5.74) is 0.170. The summed E-state index contributed by atoms with van der Waals surface area (Å²) in [6, 6.07) is 0. The second-order valence-electron chi connectivity index (χ2n) is 6.71. The lowest BCUT2D eigenvalue weighted by atomic mass is 9.58. The van der Waals surface area contributed by atoms with Gasteiger partial charge in [0.25, 0.3) is 0 Å². The predicted molar refractivity (Wildman–Crippen MR) is 74.3 cm³/mol. The van der Waals surface area contributed by atoms with Gasteiger partial charge in [0.2, 0.25) is 0 Å². The van der Waals surface area contributed by atoms with Crippen molar-refractivity contribution in [3.05, 3.63) is 12.2 Å². The number of fused-ring (bicyclic) bond motifs is 1. The Hall–Kier alpha value is -1.36. The number of methoxy groups -OCH3 is 1. The van der Waals surface area contributed by atoms with E-state index >= 15 is 0 Å². The number of hydrogen-bond acceptors (Lipinski definition) is 5. The molecule has 0 spiro atoms. The molecule has 0 aromatic heterocycles. The van der Waals surface area contributed by atoms with E-state index < -0.39 is 5.97 Å². The van der Waals surface area contributed by atoms with Gasteiger partial charge >= 0.3 is 11.9 Å². The quantitative estimate of drug-likeness (QED) is 0.450. The number of epoxide rings is 1. The van der Waals surface area contributed by atoms with Crippen molar-refractivity contribution in [2.75, 3.05) is 13.7 Å². The van der Waals surface area contributed by atoms with Gasteiger partial charge in [-0.05, 0) is 12.8 Å². The number of hydrogen-bond donors (Lipinski definition) is 0. The van der Waals surface area contributed by atoms with Crippen molar-refractivity contribution >= 4 is 11.9 Å². The first kappa shape index (κ1) is 14.6. The molecular formula is C16H22O5. The topological polar surface area (TPSA) is 65.1 Å². The van der Waals surface area contributed by atoms with Gasteiger partial charge in [-0.25, -0.2) is 4.79 Å². The van der Waals surface area contributed by atoms with Crippen molar-refractivity contribution < 1.29 is 23.8 Å². The normalized spacial score (nSPS) is 44.7. The Morgan fingerprint density at radius 3 is 2.71 bits per heavy atom. The van der Waals surface area contributed by atoms with Crippen LogP contribution in [0.5, 0.6) is 0 Å². The molecule has 3 aliphatic rings. The van der Waals surface area contributed by atoms with Crippen LogP contribution in [-0.2, 0) is 23.8 Å². The summed E-state index contributed by atoms with van der Waals surface area (Å²) in [6.45, 7) is 8.65. The molecule has 5 heteroatoms. The van der Waals surface area contributed by atoms with Crippen LogP contribution in [0.25, 0.3) is 0 Å². The van der Waals surface area contributed by atoms with E-state index in [1.54, 1.807) is 0 Å². The third kappa shape index (κ3) is 2.09. The van der Waals surface area contributed by atoms with E-state index in [4.69, 9.17) is 14.2 Å². The zero-order valence-corrected chi connectivity index (χ0v) is 12.8. The monoisotopic (exact) mass is 294 g/mol. The van der Waals surface area contributed by atoms with Crippen LogP contribution >= 0.6 is 0 Å². The van der Waals surface area contributed by atoms with Gasteiger partial charge in [-0.2, -0.15) is 0 Å². The summed E-state index contributed by atoms with van der Waals surface area (Å²) >= 11 is 0. The summed E-state index contributed by atoms with van der Waals surface area (Å²) in [5.74, 6) is -0.801. The Labute approximate surface area is 124 Å². The molecular weight excluding hydrogens is 272 g/mol. The molecule has 0 bridgehead atoms. The molecule has 0 N–H and O–H groups in total. The number of carbonyl (C=O) groups excluding carboxylic acids is 2. The number of esters is 2. The van der Waals surface area contributed by atoms with Crippen molar-refractivity contribution in [3.63, 3.8) is 0 Å². The Morgan fingerprint density at radius 2 is 2.14 bits per heavy atom. The molecule has 0 radical (unpaired) electrons. The highest BCUT2D eigenvalue weighted by Gasteiger charge is 2.61. The Balaban J connectivity index is 1.96. The van der Waals surface area contributed by atoms with Gasteiger partial charge in [0, 0.05) is 22.8 Å². The van der Waals surface area contributed by atoms with Crippen LogP contribution in [0.15, 0.2) is 12.2 Å². The molecule has 2 aliphatic heterocycles. The Bertz CT molecular complexity index is 495. The van der Waals surface area contributed by atoms with Gasteiger partial charge < -0.3 is 14.2 Å². The molecule has 0 aromatic rings. The van der Waals surface area contributed by atoms with E-state index in [0.29, 0.717) is 12.2 Å². The minimum absolute atomic E-state index is 0.111. The molecule has 0 amide bonds. The third-order valence-electron chi connectivity index (χ3n) is 5.64. The Morgan fingerprint density at radius 1 is 1.48 bits per heavy atom. The van der Waals surface area contributed by atoms with E-state index in [1.807, 2.05) is 6.92 Å². The van der Waals surface area contributed by atoms with Crippen LogP contribution in [0.2, 0.25) is 0 Å². The fraction of sp³-hybridized carbons (Fsp3) is 0.750. The fourth-order valence-corrected chi connectivity index (χ4v) is 4.17. The Kier molecular flexibility index (Phi) is 3.35. The van der Waals surface area contributed by atoms with Crippen molar-refractivity contribution in [2.45, 2.75) is 38.9 Å². The molecule has 2 saturated heterocycles. The van der Waals surface area contributed by atoms with Gasteiger partial charge in [-0.3, -0.25) is 4.79 Å². The molecule has 3 fully saturated rings. The highest BCUT2D eigenvalue weighted by Crippen LogP contribution is 2.56. The van der Waals surface area contributed by atoms with Crippen molar-refractivity contribution in [1.29, 1.82) is 0 Å². The molecule has 5 nitrogen and oxygen atoms in total. The second-order valence-corrected chi connectivity index (χ2v) is 6.71. The molecule has 1 saturated carbocycles. The van der Waals surface area contributed by atoms with Crippen LogP contribution in [0, 0.1) is 23.2 Å². The van der Waals surface area contributed by atoms with Crippen LogP contribution < -0.4 is 0 Å². The van der Waals surface area contributed by atoms with Gasteiger partial charge in [0.15, 0.2) is 0 Å². The highest BCUT2D eigenvalue weighted by molar-refractivity contribution is 5.89. The van der Waals surface area contributed by atoms with E-state index in [-0.39, 0.29) is 41.3 Å². The predicted octanol–water partition coefficient (Wildman–Crippen LogP) is 1.71. The SMILES string of the molecule is C=C(C(=O)OC)[C@@H]1[C@H]2OC(=O)[C@@H](C)[C@@H]2CC[C@@]1(C)[C@H]1CO1. The largest absolute Gasteiger partial charge is 0.466 e. The summed E-state index contributed by atoms with van der Waals surface area (Å²) in [7, 11) is 1.35. The molecule has 3 rings (SSSR count). The smallest absolute Gasteiger partial charge is 0.333 e. The third-order valence-corrected chi connectivity index (χ3v) is 5.64. The van der Waals surface area contributed by atoms with Gasteiger partial charge in [-0.1, -0.05) is 20.4 Å². The number of ether oxygens (including phenoxy) is 3. The van der Waals surface area contributed by atoms with E-state index in [2.05, 4.69) is 13.5 Å². The van der Waals surface area contributed by atoms with Crippen molar-refractivity contribution in [1.82, 2.24) is 0 Å². The molecule has 2 heterocycles. The molecule has 0 unspecified atom stereocenters. The zero-order valence-electron chi connectivity index (χ0n) is 12.8. The summed E-state index contributed by atoms with van der Waals surface area (Å²) < 4.78 is 16.0. The maximum absolute atomic E-state index is 12.0. The fourth-order valence-electron chi connectivity index (χ4n) is 4.17. The van der Waals surface area contributed by atoms with Crippen molar-refractivity contribution in [3.8, 4) is 0 Å². The molecule has 21 heavy (non-hydrogen) atoms. The standard InChI is InChI=1S/C16H22O5/c1-8-10-5-6-16(3,11-7-20-11)12(9(2)14(17)19-4)13(10)21-15(8)18/h8,10-13H,2,5-7H2,1,3-4H3/t8-,10-,11+,12+,13-,16-/m0/s1. The minimum Gasteiger partial charge on any atom is -0.466 e. The number of rotatable bonds is 3. The summed E-state index contributed by atoms with van der Waals surface area (Å²) in [6.07, 6.45) is 1.64. The molecule has 1 aliphatic carbocycles. The first-order chi connectivity index (χ1) is 9.90. The minimum atomic E-state index is -0.428. The average molecular weight is 294 g/mol. The molecule has 116 valence electrons. The first-order valence-corrected chi connectivity index (χ1v) is 7.49. The van der Waals surface area contributed by atoms with Crippen LogP contribution in [0.3, 0.4) is 0 Å². The lowest BCUT2D eigenvalue weighted by Gasteiger charge is -2.46. The first-order valence-electron chi connectivity index (χ1n) is 7.49. The second kappa shape index (κ2) is 4.83. The van der Waals surface area contributed by atoms with E-state index in [9.17, 15) is 9.59 Å². The maximum Gasteiger partial charge on any atom is 0.333 e.